The number of rotatable bonds is 4. The first-order valence-electron chi connectivity index (χ1n) is 7.71. The van der Waals surface area contributed by atoms with Crippen molar-refractivity contribution in [1.82, 2.24) is 0 Å². The molecule has 0 saturated heterocycles. The molecule has 1 unspecified atom stereocenters. The summed E-state index contributed by atoms with van der Waals surface area (Å²) in [5.74, 6) is 0. The molecule has 1 aliphatic rings. The molecule has 0 amide bonds. The molecule has 1 atom stereocenters. The Bertz CT molecular complexity index is 633. The zero-order valence-corrected chi connectivity index (χ0v) is 14.4. The maximum atomic E-state index is 12.8. The summed E-state index contributed by atoms with van der Waals surface area (Å²) in [7, 11) is 0.436. The number of carbonyl (C=O) groups excluding carboxylic acids is 1. The predicted octanol–water partition coefficient (Wildman–Crippen LogP) is 5.04. The molecule has 3 heteroatoms. The summed E-state index contributed by atoms with van der Waals surface area (Å²) in [5, 5.41) is 0. The van der Waals surface area contributed by atoms with E-state index in [-0.39, 0.29) is 18.9 Å². The van der Waals surface area contributed by atoms with Crippen LogP contribution < -0.4 is 0 Å². The minimum atomic E-state index is 0. The summed E-state index contributed by atoms with van der Waals surface area (Å²) in [6.45, 7) is 2.05. The van der Waals surface area contributed by atoms with Gasteiger partial charge in [0.15, 0.2) is 5.52 Å². The van der Waals surface area contributed by atoms with E-state index in [0.717, 1.165) is 22.3 Å². The van der Waals surface area contributed by atoms with E-state index >= 15 is 0 Å². The number of carbonyl (C=O) groups is 1. The Hall–Kier alpha value is -0.863. The minimum Gasteiger partial charge on any atom is -0.289 e. The van der Waals surface area contributed by atoms with E-state index in [4.69, 9.17) is 0 Å². The topological polar surface area (TPSA) is 17.1 Å². The van der Waals surface area contributed by atoms with Gasteiger partial charge in [-0.1, -0.05) is 61.4 Å². The average molecular weight is 303 g/mol. The molecule has 0 spiro atoms. The van der Waals surface area contributed by atoms with Crippen LogP contribution in [0.1, 0.15) is 41.6 Å². The Kier molecular flexibility index (Phi) is 6.46. The van der Waals surface area contributed by atoms with Crippen molar-refractivity contribution in [3.05, 3.63) is 59.7 Å². The van der Waals surface area contributed by atoms with Gasteiger partial charge < -0.3 is 0 Å². The number of hydrogen-bond donors (Lipinski definition) is 0. The zero-order valence-electron chi connectivity index (χ0n) is 13.4. The van der Waals surface area contributed by atoms with Gasteiger partial charge in [-0.15, -0.1) is 0 Å². The maximum Gasteiger partial charge on any atom is 0.182 e. The van der Waals surface area contributed by atoms with Gasteiger partial charge in [-0.2, -0.15) is 0 Å². The standard InChI is InChI=1S/C19H21OP.Li/c1-14-8-7-13-17(15-9-3-2-4-10-15)18(14)19(20)21-16-11-5-6-12-16;/h2-4,7-10,13,16,21H,5-6,11-12H2,1H3;. The number of aryl methyl sites for hydroxylation is 1. The molecular formula is C19H21LiOP. The van der Waals surface area contributed by atoms with E-state index in [1.165, 1.54) is 25.7 Å². The molecule has 0 heterocycles. The van der Waals surface area contributed by atoms with E-state index < -0.39 is 0 Å². The minimum absolute atomic E-state index is 0. The van der Waals surface area contributed by atoms with Gasteiger partial charge in [-0.25, -0.2) is 0 Å². The van der Waals surface area contributed by atoms with E-state index in [1.807, 2.05) is 24.3 Å². The largest absolute Gasteiger partial charge is 0.289 e. The fourth-order valence-corrected chi connectivity index (χ4v) is 4.70. The first kappa shape index (κ1) is 17.5. The second kappa shape index (κ2) is 8.12. The fourth-order valence-electron chi connectivity index (χ4n) is 3.16. The van der Waals surface area contributed by atoms with Crippen molar-refractivity contribution in [2.45, 2.75) is 38.3 Å². The molecule has 1 saturated carbocycles. The van der Waals surface area contributed by atoms with E-state index in [9.17, 15) is 4.79 Å². The molecule has 1 radical (unpaired) electrons. The quantitative estimate of drug-likeness (QED) is 0.571. The zero-order chi connectivity index (χ0) is 14.7. The van der Waals surface area contributed by atoms with Crippen LogP contribution in [-0.2, 0) is 0 Å². The first-order valence-corrected chi connectivity index (χ1v) is 8.79. The Balaban J connectivity index is 0.00000176. The van der Waals surface area contributed by atoms with E-state index in [2.05, 4.69) is 31.2 Å². The van der Waals surface area contributed by atoms with Crippen molar-refractivity contribution in [3.63, 3.8) is 0 Å². The Labute approximate surface area is 146 Å². The second-order valence-corrected chi connectivity index (χ2v) is 7.38. The predicted molar refractivity (Wildman–Crippen MR) is 97.3 cm³/mol. The third kappa shape index (κ3) is 3.91. The van der Waals surface area contributed by atoms with Gasteiger partial charge in [0.05, 0.1) is 0 Å². The van der Waals surface area contributed by atoms with Gasteiger partial charge in [0.1, 0.15) is 0 Å². The van der Waals surface area contributed by atoms with Crippen LogP contribution in [0.25, 0.3) is 11.1 Å². The Morgan fingerprint density at radius 3 is 2.36 bits per heavy atom. The van der Waals surface area contributed by atoms with Crippen molar-refractivity contribution >= 4 is 33.0 Å². The third-order valence-electron chi connectivity index (χ3n) is 4.28. The van der Waals surface area contributed by atoms with Gasteiger partial charge in [-0.3, -0.25) is 4.79 Å². The van der Waals surface area contributed by atoms with Crippen molar-refractivity contribution in [3.8, 4) is 11.1 Å². The summed E-state index contributed by atoms with van der Waals surface area (Å²) < 4.78 is 0. The summed E-state index contributed by atoms with van der Waals surface area (Å²) >= 11 is 0. The SMILES string of the molecule is Cc1cccc(-c2ccccc2)c1C(=O)PC1CCCC1.[Li]. The molecule has 2 aromatic carbocycles. The van der Waals surface area contributed by atoms with Gasteiger partial charge >= 0.3 is 0 Å². The maximum absolute atomic E-state index is 12.8. The van der Waals surface area contributed by atoms with Crippen molar-refractivity contribution in [2.24, 2.45) is 0 Å². The van der Waals surface area contributed by atoms with Crippen LogP contribution in [0.4, 0.5) is 0 Å². The smallest absolute Gasteiger partial charge is 0.182 e. The number of benzene rings is 2. The van der Waals surface area contributed by atoms with Gasteiger partial charge in [-0.05, 0) is 50.7 Å². The Morgan fingerprint density at radius 1 is 1.00 bits per heavy atom. The van der Waals surface area contributed by atoms with Crippen LogP contribution in [0.15, 0.2) is 48.5 Å². The molecule has 0 N–H and O–H groups in total. The monoisotopic (exact) mass is 303 g/mol. The van der Waals surface area contributed by atoms with Gasteiger partial charge in [0.25, 0.3) is 0 Å². The summed E-state index contributed by atoms with van der Waals surface area (Å²) in [6.07, 6.45) is 5.06. The molecule has 1 fully saturated rings. The van der Waals surface area contributed by atoms with Crippen molar-refractivity contribution in [1.29, 1.82) is 0 Å². The molecular weight excluding hydrogens is 282 g/mol. The summed E-state index contributed by atoms with van der Waals surface area (Å²) in [5.41, 5.74) is 5.24. The Morgan fingerprint density at radius 2 is 1.68 bits per heavy atom. The van der Waals surface area contributed by atoms with Crippen molar-refractivity contribution in [2.75, 3.05) is 0 Å². The molecule has 109 valence electrons. The first-order chi connectivity index (χ1) is 10.3. The molecule has 0 bridgehead atoms. The number of hydrogen-bond acceptors (Lipinski definition) is 1. The van der Waals surface area contributed by atoms with Crippen molar-refractivity contribution < 1.29 is 4.79 Å². The molecule has 0 aromatic heterocycles. The summed E-state index contributed by atoms with van der Waals surface area (Å²) in [6, 6.07) is 16.4. The molecule has 1 nitrogen and oxygen atoms in total. The van der Waals surface area contributed by atoms with Crippen LogP contribution in [0.2, 0.25) is 0 Å². The van der Waals surface area contributed by atoms with Gasteiger partial charge in [0.2, 0.25) is 0 Å². The molecule has 2 aromatic rings. The fraction of sp³-hybridized carbons (Fsp3) is 0.316. The van der Waals surface area contributed by atoms with Crippen LogP contribution in [0.3, 0.4) is 0 Å². The van der Waals surface area contributed by atoms with Crippen LogP contribution >= 0.6 is 8.58 Å². The normalized spacial score (nSPS) is 15.1. The molecule has 3 rings (SSSR count). The van der Waals surface area contributed by atoms with E-state index in [0.29, 0.717) is 19.8 Å². The van der Waals surface area contributed by atoms with Crippen LogP contribution in [0, 0.1) is 6.92 Å². The molecule has 0 aliphatic heterocycles. The van der Waals surface area contributed by atoms with Gasteiger partial charge in [0, 0.05) is 24.4 Å². The third-order valence-corrected chi connectivity index (χ3v) is 5.77. The summed E-state index contributed by atoms with van der Waals surface area (Å²) in [4.78, 5) is 12.8. The van der Waals surface area contributed by atoms with Crippen LogP contribution in [-0.4, -0.2) is 30.0 Å². The van der Waals surface area contributed by atoms with Crippen LogP contribution in [0.5, 0.6) is 0 Å². The second-order valence-electron chi connectivity index (χ2n) is 5.82. The van der Waals surface area contributed by atoms with E-state index in [1.54, 1.807) is 0 Å². The molecule has 22 heavy (non-hydrogen) atoms. The molecule has 1 aliphatic carbocycles. The average Bonchev–Trinajstić information content (AvgIpc) is 3.00.